The van der Waals surface area contributed by atoms with Crippen LogP contribution < -0.4 is 14.8 Å². The highest BCUT2D eigenvalue weighted by Gasteiger charge is 2.22. The highest BCUT2D eigenvalue weighted by Crippen LogP contribution is 2.29. The molecule has 2 aromatic rings. The topological polar surface area (TPSA) is 84.9 Å². The minimum atomic E-state index is -0.963. The van der Waals surface area contributed by atoms with Gasteiger partial charge in [0.15, 0.2) is 0 Å². The van der Waals surface area contributed by atoms with Crippen LogP contribution in [0.25, 0.3) is 0 Å². The molecule has 6 nitrogen and oxygen atoms in total. The van der Waals surface area contributed by atoms with Crippen molar-refractivity contribution in [2.75, 3.05) is 20.3 Å². The zero-order valence-corrected chi connectivity index (χ0v) is 15.9. The SMILES string of the molecule is COc1ccccc1CC(CNC(=O)c1ccc(OCC2CC2)cc1)C(=O)O. The van der Waals surface area contributed by atoms with Crippen molar-refractivity contribution in [3.63, 3.8) is 0 Å². The molecule has 1 saturated carbocycles. The Bertz CT molecular complexity index is 814. The number of amides is 1. The molecular formula is C22H25NO5. The van der Waals surface area contributed by atoms with Crippen molar-refractivity contribution in [2.24, 2.45) is 11.8 Å². The van der Waals surface area contributed by atoms with Crippen molar-refractivity contribution in [1.82, 2.24) is 5.32 Å². The van der Waals surface area contributed by atoms with Crippen LogP contribution in [0.5, 0.6) is 11.5 Å². The predicted molar refractivity (Wildman–Crippen MR) is 105 cm³/mol. The number of carboxylic acid groups (broad SMARTS) is 1. The van der Waals surface area contributed by atoms with Crippen LogP contribution in [0.3, 0.4) is 0 Å². The average Bonchev–Trinajstić information content (AvgIpc) is 3.54. The maximum absolute atomic E-state index is 12.4. The van der Waals surface area contributed by atoms with Gasteiger partial charge in [0.1, 0.15) is 11.5 Å². The van der Waals surface area contributed by atoms with Crippen molar-refractivity contribution >= 4 is 11.9 Å². The molecule has 1 atom stereocenters. The van der Waals surface area contributed by atoms with Crippen molar-refractivity contribution in [3.8, 4) is 11.5 Å². The summed E-state index contributed by atoms with van der Waals surface area (Å²) in [6.07, 6.45) is 2.72. The molecule has 0 spiro atoms. The molecule has 6 heteroatoms. The van der Waals surface area contributed by atoms with E-state index >= 15 is 0 Å². The average molecular weight is 383 g/mol. The summed E-state index contributed by atoms with van der Waals surface area (Å²) in [4.78, 5) is 24.0. The molecule has 2 aromatic carbocycles. The molecule has 0 aromatic heterocycles. The zero-order valence-electron chi connectivity index (χ0n) is 15.9. The number of methoxy groups -OCH3 is 1. The fraction of sp³-hybridized carbons (Fsp3) is 0.364. The van der Waals surface area contributed by atoms with Gasteiger partial charge in [0.25, 0.3) is 5.91 Å². The highest BCUT2D eigenvalue weighted by atomic mass is 16.5. The van der Waals surface area contributed by atoms with Gasteiger partial charge in [0.2, 0.25) is 0 Å². The Labute approximate surface area is 164 Å². The van der Waals surface area contributed by atoms with Crippen molar-refractivity contribution in [3.05, 3.63) is 59.7 Å². The molecular weight excluding hydrogens is 358 g/mol. The summed E-state index contributed by atoms with van der Waals surface area (Å²) in [7, 11) is 1.55. The quantitative estimate of drug-likeness (QED) is 0.658. The number of aliphatic carboxylic acids is 1. The van der Waals surface area contributed by atoms with Crippen LogP contribution in [0.1, 0.15) is 28.8 Å². The molecule has 0 radical (unpaired) electrons. The van der Waals surface area contributed by atoms with E-state index in [1.54, 1.807) is 37.4 Å². The van der Waals surface area contributed by atoms with Crippen LogP contribution in [0.2, 0.25) is 0 Å². The van der Waals surface area contributed by atoms with E-state index < -0.39 is 11.9 Å². The molecule has 1 aliphatic carbocycles. The molecule has 1 unspecified atom stereocenters. The van der Waals surface area contributed by atoms with Gasteiger partial charge < -0.3 is 19.9 Å². The Morgan fingerprint density at radius 3 is 2.50 bits per heavy atom. The second-order valence-electron chi connectivity index (χ2n) is 7.04. The van der Waals surface area contributed by atoms with E-state index in [-0.39, 0.29) is 18.9 Å². The molecule has 1 aliphatic rings. The van der Waals surface area contributed by atoms with Crippen LogP contribution in [0.15, 0.2) is 48.5 Å². The zero-order chi connectivity index (χ0) is 19.9. The number of nitrogens with one attached hydrogen (secondary N) is 1. The van der Waals surface area contributed by atoms with Gasteiger partial charge in [-0.05, 0) is 61.1 Å². The summed E-state index contributed by atoms with van der Waals surface area (Å²) in [5.74, 6) is 0.0283. The summed E-state index contributed by atoms with van der Waals surface area (Å²) in [5.41, 5.74) is 1.27. The Balaban J connectivity index is 1.55. The molecule has 1 fully saturated rings. The lowest BCUT2D eigenvalue weighted by atomic mass is 9.98. The normalized spacial score (nSPS) is 14.2. The maximum Gasteiger partial charge on any atom is 0.308 e. The first-order valence-electron chi connectivity index (χ1n) is 9.42. The van der Waals surface area contributed by atoms with Crippen LogP contribution >= 0.6 is 0 Å². The van der Waals surface area contributed by atoms with E-state index in [2.05, 4.69) is 5.32 Å². The standard InChI is InChI=1S/C22H25NO5/c1-27-20-5-3-2-4-17(20)12-18(22(25)26)13-23-21(24)16-8-10-19(11-9-16)28-14-15-6-7-15/h2-5,8-11,15,18H,6-7,12-14H2,1H3,(H,23,24)(H,25,26). The van der Waals surface area contributed by atoms with Gasteiger partial charge in [-0.15, -0.1) is 0 Å². The van der Waals surface area contributed by atoms with E-state index in [1.165, 1.54) is 12.8 Å². The second-order valence-corrected chi connectivity index (χ2v) is 7.04. The molecule has 28 heavy (non-hydrogen) atoms. The first-order chi connectivity index (χ1) is 13.6. The van der Waals surface area contributed by atoms with Gasteiger partial charge in [-0.3, -0.25) is 9.59 Å². The van der Waals surface area contributed by atoms with Crippen LogP contribution in [-0.2, 0) is 11.2 Å². The van der Waals surface area contributed by atoms with Crippen molar-refractivity contribution in [1.29, 1.82) is 0 Å². The third-order valence-corrected chi connectivity index (χ3v) is 4.82. The Hall–Kier alpha value is -3.02. The molecule has 0 bridgehead atoms. The van der Waals surface area contributed by atoms with Gasteiger partial charge in [-0.1, -0.05) is 18.2 Å². The van der Waals surface area contributed by atoms with Gasteiger partial charge >= 0.3 is 5.97 Å². The maximum atomic E-state index is 12.4. The van der Waals surface area contributed by atoms with Crippen molar-refractivity contribution < 1.29 is 24.2 Å². The number of carboxylic acids is 1. The molecule has 0 aliphatic heterocycles. The fourth-order valence-corrected chi connectivity index (χ4v) is 2.90. The monoisotopic (exact) mass is 383 g/mol. The number of rotatable bonds is 10. The summed E-state index contributed by atoms with van der Waals surface area (Å²) in [5, 5.41) is 12.2. The van der Waals surface area contributed by atoms with Gasteiger partial charge in [0, 0.05) is 12.1 Å². The van der Waals surface area contributed by atoms with Crippen molar-refractivity contribution in [2.45, 2.75) is 19.3 Å². The minimum Gasteiger partial charge on any atom is -0.496 e. The van der Waals surface area contributed by atoms with E-state index in [9.17, 15) is 14.7 Å². The molecule has 148 valence electrons. The first kappa shape index (κ1) is 19.7. The number of carbonyl (C=O) groups is 2. The van der Waals surface area contributed by atoms with E-state index in [0.29, 0.717) is 17.2 Å². The van der Waals surface area contributed by atoms with E-state index in [0.717, 1.165) is 17.9 Å². The molecule has 3 rings (SSSR count). The highest BCUT2D eigenvalue weighted by molar-refractivity contribution is 5.94. The Morgan fingerprint density at radius 2 is 1.86 bits per heavy atom. The number of hydrogen-bond donors (Lipinski definition) is 2. The lowest BCUT2D eigenvalue weighted by Gasteiger charge is -2.15. The van der Waals surface area contributed by atoms with Gasteiger partial charge in [0.05, 0.1) is 19.6 Å². The number of carbonyl (C=O) groups excluding carboxylic acids is 1. The molecule has 2 N–H and O–H groups in total. The smallest absolute Gasteiger partial charge is 0.308 e. The lowest BCUT2D eigenvalue weighted by molar-refractivity contribution is -0.141. The summed E-state index contributed by atoms with van der Waals surface area (Å²) < 4.78 is 10.9. The summed E-state index contributed by atoms with van der Waals surface area (Å²) >= 11 is 0. The third kappa shape index (κ3) is 5.49. The number of benzene rings is 2. The second kappa shape index (κ2) is 9.26. The third-order valence-electron chi connectivity index (χ3n) is 4.82. The Kier molecular flexibility index (Phi) is 6.53. The molecule has 0 saturated heterocycles. The predicted octanol–water partition coefficient (Wildman–Crippen LogP) is 3.16. The summed E-state index contributed by atoms with van der Waals surface area (Å²) in [6, 6.07) is 14.2. The lowest BCUT2D eigenvalue weighted by Crippen LogP contribution is -2.34. The van der Waals surface area contributed by atoms with E-state index in [1.807, 2.05) is 18.2 Å². The first-order valence-corrected chi connectivity index (χ1v) is 9.42. The molecule has 1 amide bonds. The van der Waals surface area contributed by atoms with Crippen LogP contribution in [-0.4, -0.2) is 37.2 Å². The van der Waals surface area contributed by atoms with Gasteiger partial charge in [-0.2, -0.15) is 0 Å². The minimum absolute atomic E-state index is 0.0339. The van der Waals surface area contributed by atoms with Crippen LogP contribution in [0, 0.1) is 11.8 Å². The Morgan fingerprint density at radius 1 is 1.14 bits per heavy atom. The number of para-hydroxylation sites is 1. The summed E-state index contributed by atoms with van der Waals surface area (Å²) in [6.45, 7) is 0.751. The largest absolute Gasteiger partial charge is 0.496 e. The van der Waals surface area contributed by atoms with Gasteiger partial charge in [-0.25, -0.2) is 0 Å². The number of hydrogen-bond acceptors (Lipinski definition) is 4. The van der Waals surface area contributed by atoms with E-state index in [4.69, 9.17) is 9.47 Å². The van der Waals surface area contributed by atoms with Crippen LogP contribution in [0.4, 0.5) is 0 Å². The fourth-order valence-electron chi connectivity index (χ4n) is 2.90. The number of ether oxygens (including phenoxy) is 2. The molecule has 0 heterocycles.